The van der Waals surface area contributed by atoms with Gasteiger partial charge in [-0.05, 0) is 38.5 Å². The minimum absolute atomic E-state index is 0.165. The molecule has 0 aromatic heterocycles. The van der Waals surface area contributed by atoms with Crippen LogP contribution in [0.25, 0.3) is 0 Å². The summed E-state index contributed by atoms with van der Waals surface area (Å²) in [6, 6.07) is -1.52. The Bertz CT molecular complexity index is 979. The van der Waals surface area contributed by atoms with Crippen molar-refractivity contribution in [3.8, 4) is 0 Å². The van der Waals surface area contributed by atoms with Crippen LogP contribution in [0.3, 0.4) is 0 Å². The third-order valence-electron chi connectivity index (χ3n) is 9.51. The van der Waals surface area contributed by atoms with Gasteiger partial charge < -0.3 is 25.2 Å². The molecule has 318 valence electrons. The van der Waals surface area contributed by atoms with E-state index in [9.17, 15) is 23.8 Å². The third kappa shape index (κ3) is 37.2. The SMILES string of the molecule is CCCCCCC/C=C\CCCCCCCC(=O)OC[C@H](COP(=O)(O)OC[C@H](N)C(=O)O)OC(=O)CCCCCCCCCCCCCCCCCC. The van der Waals surface area contributed by atoms with Crippen molar-refractivity contribution in [3.05, 3.63) is 12.2 Å². The van der Waals surface area contributed by atoms with Gasteiger partial charge in [0.1, 0.15) is 12.6 Å². The highest BCUT2D eigenvalue weighted by atomic mass is 31.2. The van der Waals surface area contributed by atoms with Gasteiger partial charge in [0.25, 0.3) is 0 Å². The van der Waals surface area contributed by atoms with Crippen LogP contribution < -0.4 is 5.73 Å². The summed E-state index contributed by atoms with van der Waals surface area (Å²) in [7, 11) is -4.71. The summed E-state index contributed by atoms with van der Waals surface area (Å²) >= 11 is 0. The Kier molecular flexibility index (Phi) is 36.9. The fraction of sp³-hybridized carbons (Fsp3) is 0.881. The summed E-state index contributed by atoms with van der Waals surface area (Å²) in [4.78, 5) is 45.9. The van der Waals surface area contributed by atoms with Crippen LogP contribution in [0.4, 0.5) is 0 Å². The predicted octanol–water partition coefficient (Wildman–Crippen LogP) is 11.3. The Morgan fingerprint density at radius 1 is 0.556 bits per heavy atom. The number of carbonyl (C=O) groups excluding carboxylic acids is 2. The van der Waals surface area contributed by atoms with Crippen molar-refractivity contribution < 1.29 is 47.5 Å². The van der Waals surface area contributed by atoms with Crippen LogP contribution in [0.2, 0.25) is 0 Å². The Morgan fingerprint density at radius 2 is 0.926 bits per heavy atom. The number of hydrogen-bond donors (Lipinski definition) is 3. The van der Waals surface area contributed by atoms with Gasteiger partial charge in [0.15, 0.2) is 6.10 Å². The van der Waals surface area contributed by atoms with Gasteiger partial charge in [-0.1, -0.05) is 167 Å². The van der Waals surface area contributed by atoms with Crippen molar-refractivity contribution in [2.24, 2.45) is 5.73 Å². The van der Waals surface area contributed by atoms with Gasteiger partial charge in [-0.3, -0.25) is 23.4 Å². The predicted molar refractivity (Wildman–Crippen MR) is 217 cm³/mol. The van der Waals surface area contributed by atoms with E-state index in [2.05, 4.69) is 30.5 Å². The molecule has 0 amide bonds. The molecule has 0 saturated heterocycles. The van der Waals surface area contributed by atoms with Gasteiger partial charge in [0.05, 0.1) is 13.2 Å². The van der Waals surface area contributed by atoms with Crippen LogP contribution in [0.1, 0.15) is 206 Å². The minimum atomic E-state index is -4.71. The summed E-state index contributed by atoms with van der Waals surface area (Å²) in [5, 5.41) is 8.88. The van der Waals surface area contributed by atoms with Crippen molar-refractivity contribution in [3.63, 3.8) is 0 Å². The van der Waals surface area contributed by atoms with Crippen LogP contribution in [-0.2, 0) is 37.5 Å². The number of phosphoric acid groups is 1. The monoisotopic (exact) mass is 790 g/mol. The first-order chi connectivity index (χ1) is 26.1. The minimum Gasteiger partial charge on any atom is -0.480 e. The number of carboxylic acid groups (broad SMARTS) is 1. The first-order valence-electron chi connectivity index (χ1n) is 21.7. The number of carboxylic acids is 1. The molecule has 1 unspecified atom stereocenters. The maximum absolute atomic E-state index is 12.6. The molecule has 0 bridgehead atoms. The summed E-state index contributed by atoms with van der Waals surface area (Å²) in [6.07, 6.45) is 37.0. The van der Waals surface area contributed by atoms with E-state index in [4.69, 9.17) is 24.8 Å². The molecule has 0 rings (SSSR count). The Hall–Kier alpha value is -1.78. The molecule has 3 atom stereocenters. The molecule has 12 heteroatoms. The number of unbranched alkanes of at least 4 members (excludes halogenated alkanes) is 25. The molecule has 0 radical (unpaired) electrons. The average Bonchev–Trinajstić information content (AvgIpc) is 3.14. The second-order valence-electron chi connectivity index (χ2n) is 14.8. The third-order valence-corrected chi connectivity index (χ3v) is 10.5. The second kappa shape index (κ2) is 38.1. The lowest BCUT2D eigenvalue weighted by Gasteiger charge is -2.20. The van der Waals surface area contributed by atoms with Gasteiger partial charge in [-0.25, -0.2) is 4.57 Å². The van der Waals surface area contributed by atoms with Crippen LogP contribution in [0.5, 0.6) is 0 Å². The van der Waals surface area contributed by atoms with E-state index >= 15 is 0 Å². The fourth-order valence-electron chi connectivity index (χ4n) is 6.06. The molecule has 4 N–H and O–H groups in total. The highest BCUT2D eigenvalue weighted by molar-refractivity contribution is 7.47. The number of phosphoric ester groups is 1. The Labute approximate surface area is 328 Å². The number of nitrogens with two attached hydrogens (primary N) is 1. The zero-order chi connectivity index (χ0) is 40.0. The lowest BCUT2D eigenvalue weighted by Crippen LogP contribution is -2.34. The molecule has 0 fully saturated rings. The number of hydrogen-bond acceptors (Lipinski definition) is 9. The number of ether oxygens (including phenoxy) is 2. The first kappa shape index (κ1) is 52.2. The summed E-state index contributed by atoms with van der Waals surface area (Å²) < 4.78 is 32.7. The molecule has 54 heavy (non-hydrogen) atoms. The largest absolute Gasteiger partial charge is 0.480 e. The van der Waals surface area contributed by atoms with Crippen molar-refractivity contribution in [2.45, 2.75) is 219 Å². The topological polar surface area (TPSA) is 172 Å². The van der Waals surface area contributed by atoms with Gasteiger partial charge in [0.2, 0.25) is 0 Å². The molecule has 0 aromatic carbocycles. The normalized spacial score (nSPS) is 13.9. The van der Waals surface area contributed by atoms with Crippen molar-refractivity contribution in [2.75, 3.05) is 19.8 Å². The maximum Gasteiger partial charge on any atom is 0.472 e. The summed E-state index contributed by atoms with van der Waals surface area (Å²) in [5.74, 6) is -2.38. The maximum atomic E-state index is 12.6. The number of esters is 2. The van der Waals surface area contributed by atoms with E-state index in [1.807, 2.05) is 0 Å². The number of aliphatic carboxylic acids is 1. The lowest BCUT2D eigenvalue weighted by molar-refractivity contribution is -0.161. The van der Waals surface area contributed by atoms with E-state index in [1.165, 1.54) is 109 Å². The van der Waals surface area contributed by atoms with Gasteiger partial charge in [0, 0.05) is 12.8 Å². The molecule has 0 spiro atoms. The van der Waals surface area contributed by atoms with Crippen molar-refractivity contribution >= 4 is 25.7 Å². The van der Waals surface area contributed by atoms with Crippen LogP contribution in [0, 0.1) is 0 Å². The van der Waals surface area contributed by atoms with Crippen molar-refractivity contribution in [1.82, 2.24) is 0 Å². The molecule has 0 aliphatic carbocycles. The molecule has 0 saturated carbocycles. The smallest absolute Gasteiger partial charge is 0.472 e. The average molecular weight is 790 g/mol. The van der Waals surface area contributed by atoms with E-state index < -0.39 is 51.1 Å². The standard InChI is InChI=1S/C42H80NO10P/c1-3-5-7-9-11-13-15-17-19-20-22-24-26-28-30-32-34-41(45)53-38(36-51-54(48,49)52-37-39(43)42(46)47)35-50-40(44)33-31-29-27-25-23-21-18-16-14-12-10-8-6-4-2/h16,18,38-39H,3-15,17,19-37,43H2,1-2H3,(H,46,47)(H,48,49)/b18-16-/t38-,39+/m1/s1. The van der Waals surface area contributed by atoms with Crippen LogP contribution in [-0.4, -0.2) is 59.9 Å². The lowest BCUT2D eigenvalue weighted by atomic mass is 10.0. The molecule has 11 nitrogen and oxygen atoms in total. The van der Waals surface area contributed by atoms with E-state index in [1.54, 1.807) is 0 Å². The second-order valence-corrected chi connectivity index (χ2v) is 16.3. The molecule has 0 aromatic rings. The first-order valence-corrected chi connectivity index (χ1v) is 23.2. The zero-order valence-corrected chi connectivity index (χ0v) is 35.2. The van der Waals surface area contributed by atoms with Crippen LogP contribution >= 0.6 is 7.82 Å². The number of allylic oxidation sites excluding steroid dienone is 2. The molecule has 0 aliphatic heterocycles. The quantitative estimate of drug-likeness (QED) is 0.0233. The van der Waals surface area contributed by atoms with Gasteiger partial charge >= 0.3 is 25.7 Å². The number of rotatable bonds is 41. The van der Waals surface area contributed by atoms with E-state index in [-0.39, 0.29) is 19.4 Å². The highest BCUT2D eigenvalue weighted by Crippen LogP contribution is 2.43. The van der Waals surface area contributed by atoms with Crippen molar-refractivity contribution in [1.29, 1.82) is 0 Å². The van der Waals surface area contributed by atoms with Crippen LogP contribution in [0.15, 0.2) is 12.2 Å². The van der Waals surface area contributed by atoms with Gasteiger partial charge in [-0.2, -0.15) is 0 Å². The fourth-order valence-corrected chi connectivity index (χ4v) is 6.84. The van der Waals surface area contributed by atoms with Gasteiger partial charge in [-0.15, -0.1) is 0 Å². The molecule has 0 aliphatic rings. The summed E-state index contributed by atoms with van der Waals surface area (Å²) in [5.41, 5.74) is 5.33. The Balaban J connectivity index is 4.35. The molecular formula is C42H80NO10P. The highest BCUT2D eigenvalue weighted by Gasteiger charge is 2.28. The zero-order valence-electron chi connectivity index (χ0n) is 34.3. The Morgan fingerprint density at radius 3 is 1.35 bits per heavy atom. The molecular weight excluding hydrogens is 709 g/mol. The number of carbonyl (C=O) groups is 3. The van der Waals surface area contributed by atoms with E-state index in [0.717, 1.165) is 57.8 Å². The van der Waals surface area contributed by atoms with E-state index in [0.29, 0.717) is 12.8 Å². The summed E-state index contributed by atoms with van der Waals surface area (Å²) in [6.45, 7) is 2.80. The molecule has 0 heterocycles.